The Morgan fingerprint density at radius 1 is 1.41 bits per heavy atom. The Morgan fingerprint density at radius 3 is 2.53 bits per heavy atom. The Kier molecular flexibility index (Phi) is 2.72. The van der Waals surface area contributed by atoms with Gasteiger partial charge in [-0.05, 0) is 12.1 Å². The van der Waals surface area contributed by atoms with Gasteiger partial charge in [0.05, 0.1) is 10.6 Å². The fourth-order valence-electron chi connectivity index (χ4n) is 1.22. The first-order valence-electron chi connectivity index (χ1n) is 4.39. The molecule has 0 aliphatic heterocycles. The highest BCUT2D eigenvalue weighted by Gasteiger charge is 2.12. The molecule has 1 heterocycles. The summed E-state index contributed by atoms with van der Waals surface area (Å²) < 4.78 is 1.23. The fourth-order valence-corrected chi connectivity index (χ4v) is 1.43. The molecule has 0 saturated heterocycles. The van der Waals surface area contributed by atoms with E-state index in [1.165, 1.54) is 28.9 Å². The third-order valence-electron chi connectivity index (χ3n) is 2.03. The zero-order valence-corrected chi connectivity index (χ0v) is 9.00. The SMILES string of the molecule is N#Cc1nnn(-c2ccc([N+](=O)[O-])cc2)c1Cl. The van der Waals surface area contributed by atoms with E-state index >= 15 is 0 Å². The number of nitriles is 1. The lowest BCUT2D eigenvalue weighted by molar-refractivity contribution is -0.384. The van der Waals surface area contributed by atoms with Crippen molar-refractivity contribution in [3.63, 3.8) is 0 Å². The molecule has 0 fully saturated rings. The molecule has 0 unspecified atom stereocenters. The van der Waals surface area contributed by atoms with Crippen molar-refractivity contribution >= 4 is 17.3 Å². The number of aromatic nitrogens is 3. The topological polar surface area (TPSA) is 97.6 Å². The Labute approximate surface area is 100.0 Å². The van der Waals surface area contributed by atoms with Crippen LogP contribution in [0.5, 0.6) is 0 Å². The molecule has 84 valence electrons. The molecule has 2 rings (SSSR count). The van der Waals surface area contributed by atoms with Crippen LogP contribution in [0.1, 0.15) is 5.69 Å². The average molecular weight is 250 g/mol. The van der Waals surface area contributed by atoms with Crippen LogP contribution in [0.3, 0.4) is 0 Å². The molecule has 0 aliphatic carbocycles. The molecule has 1 aromatic heterocycles. The van der Waals surface area contributed by atoms with Crippen molar-refractivity contribution in [2.24, 2.45) is 0 Å². The molecule has 2 aromatic rings. The average Bonchev–Trinajstić information content (AvgIpc) is 2.70. The van der Waals surface area contributed by atoms with Gasteiger partial charge in [-0.3, -0.25) is 10.1 Å². The van der Waals surface area contributed by atoms with Crippen molar-refractivity contribution < 1.29 is 4.92 Å². The van der Waals surface area contributed by atoms with Gasteiger partial charge >= 0.3 is 0 Å². The number of benzene rings is 1. The Hall–Kier alpha value is -2.46. The zero-order valence-electron chi connectivity index (χ0n) is 8.24. The van der Waals surface area contributed by atoms with Crippen molar-refractivity contribution in [1.82, 2.24) is 15.0 Å². The van der Waals surface area contributed by atoms with E-state index in [4.69, 9.17) is 16.9 Å². The second-order valence-corrected chi connectivity index (χ2v) is 3.38. The van der Waals surface area contributed by atoms with Crippen molar-refractivity contribution in [3.8, 4) is 11.8 Å². The first-order valence-corrected chi connectivity index (χ1v) is 4.77. The van der Waals surface area contributed by atoms with Crippen molar-refractivity contribution in [1.29, 1.82) is 5.26 Å². The maximum absolute atomic E-state index is 10.5. The van der Waals surface area contributed by atoms with E-state index in [1.54, 1.807) is 6.07 Å². The predicted molar refractivity (Wildman–Crippen MR) is 57.7 cm³/mol. The molecule has 0 spiro atoms. The highest BCUT2D eigenvalue weighted by atomic mass is 35.5. The van der Waals surface area contributed by atoms with Crippen LogP contribution in [0, 0.1) is 21.4 Å². The summed E-state index contributed by atoms with van der Waals surface area (Å²) in [6, 6.07) is 7.36. The van der Waals surface area contributed by atoms with Gasteiger partial charge in [-0.1, -0.05) is 16.8 Å². The molecule has 0 radical (unpaired) electrons. The number of nitro groups is 1. The van der Waals surface area contributed by atoms with Crippen LogP contribution in [-0.2, 0) is 0 Å². The molecular formula is C9H4ClN5O2. The molecule has 0 N–H and O–H groups in total. The monoisotopic (exact) mass is 249 g/mol. The lowest BCUT2D eigenvalue weighted by Gasteiger charge is -2.00. The van der Waals surface area contributed by atoms with E-state index in [0.717, 1.165) is 0 Å². The second-order valence-electron chi connectivity index (χ2n) is 3.03. The number of non-ortho nitro benzene ring substituents is 1. The molecule has 0 amide bonds. The quantitative estimate of drug-likeness (QED) is 0.596. The Bertz CT molecular complexity index is 613. The van der Waals surface area contributed by atoms with Gasteiger partial charge in [0.25, 0.3) is 5.69 Å². The van der Waals surface area contributed by atoms with Crippen LogP contribution in [0.25, 0.3) is 5.69 Å². The summed E-state index contributed by atoms with van der Waals surface area (Å²) in [6.07, 6.45) is 0. The number of hydrogen-bond donors (Lipinski definition) is 0. The smallest absolute Gasteiger partial charge is 0.258 e. The third kappa shape index (κ3) is 1.93. The van der Waals surface area contributed by atoms with Gasteiger partial charge in [0.2, 0.25) is 5.69 Å². The van der Waals surface area contributed by atoms with Crippen LogP contribution >= 0.6 is 11.6 Å². The van der Waals surface area contributed by atoms with Gasteiger partial charge < -0.3 is 0 Å². The summed E-state index contributed by atoms with van der Waals surface area (Å²) in [4.78, 5) is 9.96. The molecule has 17 heavy (non-hydrogen) atoms. The maximum Gasteiger partial charge on any atom is 0.269 e. The molecule has 7 nitrogen and oxygen atoms in total. The van der Waals surface area contributed by atoms with Crippen LogP contribution in [0.15, 0.2) is 24.3 Å². The summed E-state index contributed by atoms with van der Waals surface area (Å²) in [5.41, 5.74) is 0.463. The Balaban J connectivity index is 2.44. The lowest BCUT2D eigenvalue weighted by Crippen LogP contribution is -1.97. The van der Waals surface area contributed by atoms with E-state index in [9.17, 15) is 10.1 Å². The van der Waals surface area contributed by atoms with Gasteiger partial charge in [-0.25, -0.2) is 4.68 Å². The minimum absolute atomic E-state index is 0.00465. The van der Waals surface area contributed by atoms with Crippen LogP contribution in [0.2, 0.25) is 5.15 Å². The van der Waals surface area contributed by atoms with E-state index in [1.807, 2.05) is 0 Å². The summed E-state index contributed by atoms with van der Waals surface area (Å²) >= 11 is 5.84. The minimum atomic E-state index is -0.507. The van der Waals surface area contributed by atoms with Gasteiger partial charge in [-0.2, -0.15) is 5.26 Å². The van der Waals surface area contributed by atoms with Gasteiger partial charge in [0, 0.05) is 12.1 Å². The predicted octanol–water partition coefficient (Wildman–Crippen LogP) is 1.70. The van der Waals surface area contributed by atoms with E-state index in [-0.39, 0.29) is 16.5 Å². The molecular weight excluding hydrogens is 246 g/mol. The van der Waals surface area contributed by atoms with Gasteiger partial charge in [0.15, 0.2) is 5.15 Å². The summed E-state index contributed by atoms with van der Waals surface area (Å²) in [5, 5.41) is 26.4. The normalized spacial score (nSPS) is 9.88. The lowest BCUT2D eigenvalue weighted by atomic mass is 10.3. The number of rotatable bonds is 2. The maximum atomic E-state index is 10.5. The number of halogens is 1. The van der Waals surface area contributed by atoms with E-state index in [2.05, 4.69) is 10.3 Å². The molecule has 0 aliphatic rings. The first-order chi connectivity index (χ1) is 8.13. The van der Waals surface area contributed by atoms with Crippen molar-refractivity contribution in [2.75, 3.05) is 0 Å². The van der Waals surface area contributed by atoms with Gasteiger partial charge in [0.1, 0.15) is 6.07 Å². The largest absolute Gasteiger partial charge is 0.269 e. The molecule has 0 atom stereocenters. The summed E-state index contributed by atoms with van der Waals surface area (Å²) in [5.74, 6) is 0. The fraction of sp³-hybridized carbons (Fsp3) is 0. The summed E-state index contributed by atoms with van der Waals surface area (Å²) in [6.45, 7) is 0. The highest BCUT2D eigenvalue weighted by Crippen LogP contribution is 2.19. The third-order valence-corrected chi connectivity index (χ3v) is 2.37. The van der Waals surface area contributed by atoms with Crippen LogP contribution in [-0.4, -0.2) is 19.9 Å². The van der Waals surface area contributed by atoms with Crippen LogP contribution in [0.4, 0.5) is 5.69 Å². The highest BCUT2D eigenvalue weighted by molar-refractivity contribution is 6.30. The number of hydrogen-bond acceptors (Lipinski definition) is 5. The van der Waals surface area contributed by atoms with E-state index < -0.39 is 4.92 Å². The van der Waals surface area contributed by atoms with Crippen LogP contribution < -0.4 is 0 Å². The molecule has 8 heteroatoms. The van der Waals surface area contributed by atoms with Crippen molar-refractivity contribution in [3.05, 3.63) is 45.2 Å². The first kappa shape index (κ1) is 11.0. The second kappa shape index (κ2) is 4.19. The number of nitro benzene ring substituents is 1. The standard InChI is InChI=1S/C9H4ClN5O2/c10-9-8(5-11)12-13-14(9)6-1-3-7(4-2-6)15(16)17/h1-4H. The Morgan fingerprint density at radius 2 is 2.06 bits per heavy atom. The van der Waals surface area contributed by atoms with Crippen molar-refractivity contribution in [2.45, 2.75) is 0 Å². The number of nitrogens with zero attached hydrogens (tertiary/aromatic N) is 5. The zero-order chi connectivity index (χ0) is 12.4. The molecule has 0 bridgehead atoms. The van der Waals surface area contributed by atoms with E-state index in [0.29, 0.717) is 5.69 Å². The molecule has 1 aromatic carbocycles. The minimum Gasteiger partial charge on any atom is -0.258 e. The summed E-state index contributed by atoms with van der Waals surface area (Å²) in [7, 11) is 0. The molecule has 0 saturated carbocycles. The van der Waals surface area contributed by atoms with Gasteiger partial charge in [-0.15, -0.1) is 5.10 Å².